The molecule has 3 fully saturated rings. The average molecular weight is 536 g/mol. The molecule has 8 heteroatoms. The third-order valence-corrected chi connectivity index (χ3v) is 8.46. The Morgan fingerprint density at radius 3 is 2.44 bits per heavy atom. The lowest BCUT2D eigenvalue weighted by Crippen LogP contribution is -2.30. The molecule has 7 nitrogen and oxygen atoms in total. The Balaban J connectivity index is 1.18. The second-order valence-electron chi connectivity index (χ2n) is 11.3. The van der Waals surface area contributed by atoms with Crippen molar-refractivity contribution in [2.45, 2.75) is 82.7 Å². The van der Waals surface area contributed by atoms with Crippen LogP contribution in [-0.2, 0) is 9.47 Å². The summed E-state index contributed by atoms with van der Waals surface area (Å²) in [6, 6.07) is 14.4. The number of alkyl halides is 1. The van der Waals surface area contributed by atoms with E-state index in [1.807, 2.05) is 37.3 Å². The van der Waals surface area contributed by atoms with Gasteiger partial charge < -0.3 is 24.5 Å². The molecule has 2 aromatic carbocycles. The second-order valence-corrected chi connectivity index (χ2v) is 11.3. The number of nitrogens with two attached hydrogens (primary N) is 1. The molecule has 0 spiro atoms. The van der Waals surface area contributed by atoms with E-state index in [2.05, 4.69) is 22.0 Å². The topological polar surface area (TPSA) is 87.7 Å². The van der Waals surface area contributed by atoms with Gasteiger partial charge in [0.25, 0.3) is 0 Å². The number of carbonyl (C=O) groups is 1. The Bertz CT molecular complexity index is 1310. The van der Waals surface area contributed by atoms with Crippen LogP contribution in [0.5, 0.6) is 5.75 Å². The molecule has 1 amide bonds. The maximum Gasteiger partial charge on any atom is 0.411 e. The van der Waals surface area contributed by atoms with E-state index in [1.165, 1.54) is 0 Å². The van der Waals surface area contributed by atoms with E-state index < -0.39 is 12.3 Å². The molecule has 2 saturated carbocycles. The summed E-state index contributed by atoms with van der Waals surface area (Å²) >= 11 is 0. The molecular weight excluding hydrogens is 497 g/mol. The van der Waals surface area contributed by atoms with Crippen LogP contribution in [0.3, 0.4) is 0 Å². The Kier molecular flexibility index (Phi) is 7.38. The molecule has 39 heavy (non-hydrogen) atoms. The lowest BCUT2D eigenvalue weighted by atomic mass is 9.85. The molecule has 1 atom stereocenters. The molecule has 1 unspecified atom stereocenters. The first-order valence-corrected chi connectivity index (χ1v) is 14.4. The van der Waals surface area contributed by atoms with Crippen LogP contribution in [0.4, 0.5) is 20.6 Å². The van der Waals surface area contributed by atoms with Crippen LogP contribution in [0, 0.1) is 5.92 Å². The van der Waals surface area contributed by atoms with Crippen LogP contribution in [-0.4, -0.2) is 42.3 Å². The van der Waals surface area contributed by atoms with Gasteiger partial charge in [-0.25, -0.2) is 9.18 Å². The number of hydrogen-bond acceptors (Lipinski definition) is 5. The number of nitrogen functional groups attached to an aromatic ring is 1. The van der Waals surface area contributed by atoms with Crippen molar-refractivity contribution in [2.75, 3.05) is 24.3 Å². The van der Waals surface area contributed by atoms with E-state index in [9.17, 15) is 9.18 Å². The summed E-state index contributed by atoms with van der Waals surface area (Å²) in [5.74, 6) is 1.07. The quantitative estimate of drug-likeness (QED) is 0.333. The van der Waals surface area contributed by atoms with E-state index in [0.29, 0.717) is 24.6 Å². The number of fused-ring (bicyclic) bond motifs is 1. The first kappa shape index (κ1) is 26.0. The number of nitrogens with zero attached hydrogens (tertiary/aromatic N) is 1. The number of aromatic nitrogens is 1. The van der Waals surface area contributed by atoms with Crippen LogP contribution >= 0.6 is 0 Å². The molecule has 1 aromatic heterocycles. The number of ether oxygens (including phenoxy) is 3. The standard InChI is InChI=1S/C31H38FN3O4/c1-19(20-2-6-22(32)7-3-20)38-31(36)34-23-8-4-21(5-9-23)30-29(33)27-13-12-26(39-25-14-16-37-17-15-25)18-28(27)35(30)24-10-11-24/h4-5,8-9,12-13,18-20,22,24-25H,2-3,6-7,10-11,14-17,33H2,1H3,(H,34,36). The first-order valence-electron chi connectivity index (χ1n) is 14.4. The van der Waals surface area contributed by atoms with Gasteiger partial charge in [-0.1, -0.05) is 12.1 Å². The van der Waals surface area contributed by atoms with Crippen LogP contribution in [0.15, 0.2) is 42.5 Å². The van der Waals surface area contributed by atoms with E-state index in [-0.39, 0.29) is 18.1 Å². The fourth-order valence-electron chi connectivity index (χ4n) is 6.05. The Labute approximate surface area is 228 Å². The van der Waals surface area contributed by atoms with E-state index in [4.69, 9.17) is 19.9 Å². The molecule has 0 radical (unpaired) electrons. The highest BCUT2D eigenvalue weighted by atomic mass is 19.1. The van der Waals surface area contributed by atoms with Crippen LogP contribution < -0.4 is 15.8 Å². The van der Waals surface area contributed by atoms with E-state index in [0.717, 1.165) is 85.3 Å². The summed E-state index contributed by atoms with van der Waals surface area (Å²) in [5.41, 5.74) is 11.2. The maximum atomic E-state index is 13.4. The predicted octanol–water partition coefficient (Wildman–Crippen LogP) is 7.25. The Morgan fingerprint density at radius 2 is 1.74 bits per heavy atom. The molecule has 208 valence electrons. The molecule has 3 aliphatic rings. The van der Waals surface area contributed by atoms with Gasteiger partial charge in [-0.2, -0.15) is 0 Å². The molecule has 0 bridgehead atoms. The number of nitrogens with one attached hydrogen (secondary N) is 1. The van der Waals surface area contributed by atoms with Gasteiger partial charge in [0.05, 0.1) is 30.1 Å². The van der Waals surface area contributed by atoms with Crippen LogP contribution in [0.1, 0.15) is 64.3 Å². The zero-order valence-electron chi connectivity index (χ0n) is 22.5. The normalized spacial score (nSPS) is 22.9. The third kappa shape index (κ3) is 5.71. The van der Waals surface area contributed by atoms with Gasteiger partial charge in [0.2, 0.25) is 0 Å². The highest BCUT2D eigenvalue weighted by molar-refractivity contribution is 6.02. The molecule has 2 heterocycles. The summed E-state index contributed by atoms with van der Waals surface area (Å²) in [6.07, 6.45) is 5.39. The molecule has 6 rings (SSSR count). The molecule has 3 aromatic rings. The van der Waals surface area contributed by atoms with E-state index >= 15 is 0 Å². The van der Waals surface area contributed by atoms with Gasteiger partial charge in [0.15, 0.2) is 0 Å². The fraction of sp³-hybridized carbons (Fsp3) is 0.516. The second kappa shape index (κ2) is 11.1. The van der Waals surface area contributed by atoms with Crippen LogP contribution in [0.2, 0.25) is 0 Å². The zero-order chi connectivity index (χ0) is 26.9. The minimum Gasteiger partial charge on any atom is -0.490 e. The predicted molar refractivity (Wildman–Crippen MR) is 151 cm³/mol. The SMILES string of the molecule is CC(OC(=O)Nc1ccc(-c2c(N)c3ccc(OC4CCOCC4)cc3n2C2CC2)cc1)C1CCC(F)CC1. The highest BCUT2D eigenvalue weighted by Crippen LogP contribution is 2.47. The summed E-state index contributed by atoms with van der Waals surface area (Å²) in [4.78, 5) is 12.5. The van der Waals surface area contributed by atoms with Gasteiger partial charge >= 0.3 is 6.09 Å². The van der Waals surface area contributed by atoms with Gasteiger partial charge in [0, 0.05) is 41.6 Å². The number of rotatable bonds is 7. The number of amides is 1. The number of carbonyl (C=O) groups excluding carboxylic acids is 1. The van der Waals surface area contributed by atoms with Crippen molar-refractivity contribution in [3.05, 3.63) is 42.5 Å². The van der Waals surface area contributed by atoms with Crippen LogP contribution in [0.25, 0.3) is 22.2 Å². The minimum atomic E-state index is -0.721. The van der Waals surface area contributed by atoms with Crippen molar-refractivity contribution in [3.63, 3.8) is 0 Å². The third-order valence-electron chi connectivity index (χ3n) is 8.46. The largest absolute Gasteiger partial charge is 0.490 e. The smallest absolute Gasteiger partial charge is 0.411 e. The van der Waals surface area contributed by atoms with Gasteiger partial charge in [-0.15, -0.1) is 0 Å². The highest BCUT2D eigenvalue weighted by Gasteiger charge is 2.31. The lowest BCUT2D eigenvalue weighted by Gasteiger charge is -2.28. The maximum absolute atomic E-state index is 13.4. The molecule has 2 aliphatic carbocycles. The number of halogens is 1. The average Bonchev–Trinajstić information content (AvgIpc) is 3.74. The van der Waals surface area contributed by atoms with Crippen molar-refractivity contribution in [3.8, 4) is 17.0 Å². The molecule has 1 saturated heterocycles. The Hall–Kier alpha value is -3.26. The first-order chi connectivity index (χ1) is 19.0. The fourth-order valence-corrected chi connectivity index (χ4v) is 6.05. The van der Waals surface area contributed by atoms with Crippen molar-refractivity contribution in [1.29, 1.82) is 0 Å². The molecule has 1 aliphatic heterocycles. The monoisotopic (exact) mass is 535 g/mol. The van der Waals surface area contributed by atoms with E-state index in [1.54, 1.807) is 0 Å². The summed E-state index contributed by atoms with van der Waals surface area (Å²) < 4.78 is 33.2. The Morgan fingerprint density at radius 1 is 1.03 bits per heavy atom. The number of benzene rings is 2. The van der Waals surface area contributed by atoms with Crippen molar-refractivity contribution >= 4 is 28.4 Å². The number of hydrogen-bond donors (Lipinski definition) is 2. The summed E-state index contributed by atoms with van der Waals surface area (Å²) in [6.45, 7) is 3.38. The zero-order valence-corrected chi connectivity index (χ0v) is 22.5. The number of anilines is 2. The van der Waals surface area contributed by atoms with Crippen molar-refractivity contribution < 1.29 is 23.4 Å². The van der Waals surface area contributed by atoms with Gasteiger partial charge in [-0.05, 0) is 75.6 Å². The minimum absolute atomic E-state index is 0.178. The summed E-state index contributed by atoms with van der Waals surface area (Å²) in [7, 11) is 0. The van der Waals surface area contributed by atoms with Crippen molar-refractivity contribution in [1.82, 2.24) is 4.57 Å². The van der Waals surface area contributed by atoms with Gasteiger partial charge in [0.1, 0.15) is 24.1 Å². The lowest BCUT2D eigenvalue weighted by molar-refractivity contribution is 0.0256. The summed E-state index contributed by atoms with van der Waals surface area (Å²) in [5, 5.41) is 3.86. The molecule has 3 N–H and O–H groups in total. The molecular formula is C31H38FN3O4. The van der Waals surface area contributed by atoms with Gasteiger partial charge in [-0.3, -0.25) is 5.32 Å². The van der Waals surface area contributed by atoms with Crippen molar-refractivity contribution in [2.24, 2.45) is 5.92 Å².